The van der Waals surface area contributed by atoms with Crippen molar-refractivity contribution in [1.29, 1.82) is 0 Å². The number of aryl methyl sites for hydroxylation is 1. The van der Waals surface area contributed by atoms with E-state index in [2.05, 4.69) is 5.32 Å². The molecule has 0 heterocycles. The summed E-state index contributed by atoms with van der Waals surface area (Å²) in [5.74, 6) is -1.30. The van der Waals surface area contributed by atoms with E-state index in [1.165, 1.54) is 5.56 Å². The second-order valence-electron chi connectivity index (χ2n) is 3.52. The van der Waals surface area contributed by atoms with Gasteiger partial charge in [-0.25, -0.2) is 0 Å². The molecule has 0 saturated carbocycles. The third-order valence-corrected chi connectivity index (χ3v) is 2.20. The molecule has 2 N–H and O–H groups in total. The predicted octanol–water partition coefficient (Wildman–Crippen LogP) is 0.992. The molecule has 0 aliphatic heterocycles. The van der Waals surface area contributed by atoms with Crippen LogP contribution in [0.2, 0.25) is 0 Å². The fourth-order valence-corrected chi connectivity index (χ4v) is 1.38. The van der Waals surface area contributed by atoms with Gasteiger partial charge in [0.25, 0.3) is 0 Å². The number of hydrogen-bond acceptors (Lipinski definition) is 2. The average molecular weight is 221 g/mol. The molecule has 1 aromatic carbocycles. The van der Waals surface area contributed by atoms with Crippen molar-refractivity contribution in [2.45, 2.75) is 19.8 Å². The fraction of sp³-hybridized carbons (Fsp3) is 0.333. The molecule has 0 atom stereocenters. The number of nitrogens with one attached hydrogen (secondary N) is 1. The monoisotopic (exact) mass is 221 g/mol. The van der Waals surface area contributed by atoms with Gasteiger partial charge in [-0.3, -0.25) is 9.59 Å². The van der Waals surface area contributed by atoms with Gasteiger partial charge < -0.3 is 10.4 Å². The first-order chi connectivity index (χ1) is 7.61. The van der Waals surface area contributed by atoms with Gasteiger partial charge in [-0.2, -0.15) is 0 Å². The molecule has 0 aliphatic carbocycles. The van der Waals surface area contributed by atoms with Gasteiger partial charge in [0.2, 0.25) is 5.91 Å². The normalized spacial score (nSPS) is 9.81. The number of carbonyl (C=O) groups is 2. The van der Waals surface area contributed by atoms with E-state index in [1.807, 2.05) is 31.2 Å². The quantitative estimate of drug-likeness (QED) is 0.779. The summed E-state index contributed by atoms with van der Waals surface area (Å²) in [5.41, 5.74) is 2.07. The first-order valence-corrected chi connectivity index (χ1v) is 5.18. The van der Waals surface area contributed by atoms with Gasteiger partial charge in [-0.1, -0.05) is 31.2 Å². The van der Waals surface area contributed by atoms with Crippen LogP contribution in [-0.4, -0.2) is 23.5 Å². The number of amides is 1. The van der Waals surface area contributed by atoms with Crippen LogP contribution in [-0.2, 0) is 22.4 Å². The Morgan fingerprint density at radius 3 is 2.62 bits per heavy atom. The Hall–Kier alpha value is -1.84. The third kappa shape index (κ3) is 4.13. The van der Waals surface area contributed by atoms with Crippen molar-refractivity contribution in [2.75, 3.05) is 6.54 Å². The summed E-state index contributed by atoms with van der Waals surface area (Å²) >= 11 is 0. The first kappa shape index (κ1) is 12.2. The third-order valence-electron chi connectivity index (χ3n) is 2.20. The van der Waals surface area contributed by atoms with Gasteiger partial charge in [0.15, 0.2) is 0 Å². The fourth-order valence-electron chi connectivity index (χ4n) is 1.38. The number of carboxylic acids is 1. The number of carboxylic acid groups (broad SMARTS) is 1. The Labute approximate surface area is 94.3 Å². The van der Waals surface area contributed by atoms with E-state index >= 15 is 0 Å². The highest BCUT2D eigenvalue weighted by atomic mass is 16.4. The van der Waals surface area contributed by atoms with Crippen molar-refractivity contribution in [2.24, 2.45) is 0 Å². The maximum atomic E-state index is 11.3. The van der Waals surface area contributed by atoms with Crippen molar-refractivity contribution < 1.29 is 14.7 Å². The number of rotatable bonds is 5. The highest BCUT2D eigenvalue weighted by Crippen LogP contribution is 2.06. The zero-order valence-electron chi connectivity index (χ0n) is 9.19. The maximum absolute atomic E-state index is 11.3. The minimum absolute atomic E-state index is 0.223. The van der Waals surface area contributed by atoms with E-state index in [4.69, 9.17) is 5.11 Å². The molecular weight excluding hydrogens is 206 g/mol. The van der Waals surface area contributed by atoms with Crippen molar-refractivity contribution in [3.8, 4) is 0 Å². The summed E-state index contributed by atoms with van der Waals surface area (Å²) in [6, 6.07) is 7.72. The molecule has 0 aromatic heterocycles. The van der Waals surface area contributed by atoms with Crippen LogP contribution in [0.25, 0.3) is 0 Å². The van der Waals surface area contributed by atoms with Crippen LogP contribution < -0.4 is 5.32 Å². The first-order valence-electron chi connectivity index (χ1n) is 5.18. The topological polar surface area (TPSA) is 66.4 Å². The molecule has 4 nitrogen and oxygen atoms in total. The predicted molar refractivity (Wildman–Crippen MR) is 60.2 cm³/mol. The molecule has 0 fully saturated rings. The minimum atomic E-state index is -1.03. The Kier molecular flexibility index (Phi) is 4.51. The summed E-state index contributed by atoms with van der Waals surface area (Å²) in [7, 11) is 0. The van der Waals surface area contributed by atoms with Gasteiger partial charge in [-0.05, 0) is 17.5 Å². The Morgan fingerprint density at radius 1 is 1.31 bits per heavy atom. The lowest BCUT2D eigenvalue weighted by atomic mass is 10.1. The molecule has 1 amide bonds. The zero-order chi connectivity index (χ0) is 12.0. The van der Waals surface area contributed by atoms with Gasteiger partial charge in [0, 0.05) is 0 Å². The van der Waals surface area contributed by atoms with Crippen LogP contribution >= 0.6 is 0 Å². The standard InChI is InChI=1S/C12H15NO3/c1-2-9-4-3-5-10(6-9)7-11(14)13-8-12(15)16/h3-6H,2,7-8H2,1H3,(H,13,14)(H,15,16). The number of hydrogen-bond donors (Lipinski definition) is 2. The summed E-state index contributed by atoms with van der Waals surface area (Å²) in [4.78, 5) is 21.6. The molecule has 16 heavy (non-hydrogen) atoms. The molecule has 0 saturated heterocycles. The van der Waals surface area contributed by atoms with Crippen LogP contribution in [0.1, 0.15) is 18.1 Å². The summed E-state index contributed by atoms with van der Waals surface area (Å²) in [6.45, 7) is 1.72. The van der Waals surface area contributed by atoms with E-state index in [0.717, 1.165) is 12.0 Å². The van der Waals surface area contributed by atoms with Crippen LogP contribution in [0, 0.1) is 0 Å². The molecule has 4 heteroatoms. The van der Waals surface area contributed by atoms with Gasteiger partial charge in [0.1, 0.15) is 6.54 Å². The molecule has 0 unspecified atom stereocenters. The lowest BCUT2D eigenvalue weighted by Gasteiger charge is -2.04. The van der Waals surface area contributed by atoms with E-state index < -0.39 is 5.97 Å². The van der Waals surface area contributed by atoms with E-state index in [1.54, 1.807) is 0 Å². The second-order valence-corrected chi connectivity index (χ2v) is 3.52. The molecule has 0 spiro atoms. The molecule has 0 radical (unpaired) electrons. The SMILES string of the molecule is CCc1cccc(CC(=O)NCC(=O)O)c1. The molecule has 0 bridgehead atoms. The van der Waals surface area contributed by atoms with Gasteiger partial charge in [-0.15, -0.1) is 0 Å². The van der Waals surface area contributed by atoms with E-state index in [-0.39, 0.29) is 18.9 Å². The largest absolute Gasteiger partial charge is 0.480 e. The van der Waals surface area contributed by atoms with Crippen LogP contribution in [0.5, 0.6) is 0 Å². The molecule has 0 aliphatic rings. The number of benzene rings is 1. The highest BCUT2D eigenvalue weighted by Gasteiger charge is 2.05. The lowest BCUT2D eigenvalue weighted by molar-refractivity contribution is -0.137. The summed E-state index contributed by atoms with van der Waals surface area (Å²) in [5, 5.41) is 10.7. The van der Waals surface area contributed by atoms with E-state index in [0.29, 0.717) is 0 Å². The van der Waals surface area contributed by atoms with Gasteiger partial charge >= 0.3 is 5.97 Å². The van der Waals surface area contributed by atoms with E-state index in [9.17, 15) is 9.59 Å². The Bertz CT molecular complexity index is 388. The lowest BCUT2D eigenvalue weighted by Crippen LogP contribution is -2.30. The van der Waals surface area contributed by atoms with Crippen LogP contribution in [0.4, 0.5) is 0 Å². The number of carbonyl (C=O) groups excluding carboxylic acids is 1. The van der Waals surface area contributed by atoms with Crippen molar-refractivity contribution in [3.05, 3.63) is 35.4 Å². The van der Waals surface area contributed by atoms with Crippen molar-refractivity contribution >= 4 is 11.9 Å². The van der Waals surface area contributed by atoms with Crippen molar-refractivity contribution in [1.82, 2.24) is 5.32 Å². The Balaban J connectivity index is 2.52. The second kappa shape index (κ2) is 5.90. The molecular formula is C12H15NO3. The molecule has 86 valence electrons. The van der Waals surface area contributed by atoms with Crippen molar-refractivity contribution in [3.63, 3.8) is 0 Å². The minimum Gasteiger partial charge on any atom is -0.480 e. The Morgan fingerprint density at radius 2 is 2.00 bits per heavy atom. The highest BCUT2D eigenvalue weighted by molar-refractivity contribution is 5.82. The zero-order valence-corrected chi connectivity index (χ0v) is 9.19. The molecule has 1 rings (SSSR count). The molecule has 1 aromatic rings. The average Bonchev–Trinajstić information content (AvgIpc) is 2.26. The van der Waals surface area contributed by atoms with Crippen LogP contribution in [0.3, 0.4) is 0 Å². The summed E-state index contributed by atoms with van der Waals surface area (Å²) in [6.07, 6.45) is 1.14. The smallest absolute Gasteiger partial charge is 0.322 e. The van der Waals surface area contributed by atoms with Gasteiger partial charge in [0.05, 0.1) is 6.42 Å². The number of aliphatic carboxylic acids is 1. The van der Waals surface area contributed by atoms with Crippen LogP contribution in [0.15, 0.2) is 24.3 Å². The maximum Gasteiger partial charge on any atom is 0.322 e. The summed E-state index contributed by atoms with van der Waals surface area (Å²) < 4.78 is 0.